The van der Waals surface area contributed by atoms with E-state index in [1.54, 1.807) is 6.20 Å². The van der Waals surface area contributed by atoms with Gasteiger partial charge in [0.2, 0.25) is 23.6 Å². The molecule has 0 aliphatic heterocycles. The van der Waals surface area contributed by atoms with E-state index in [1.165, 1.54) is 0 Å². The van der Waals surface area contributed by atoms with E-state index in [-0.39, 0.29) is 19.3 Å². The molecule has 202 valence electrons. The number of nitrogens with one attached hydrogen (secondary N) is 4. The second-order valence-corrected chi connectivity index (χ2v) is 8.55. The van der Waals surface area contributed by atoms with Gasteiger partial charge in [0.05, 0.1) is 18.8 Å². The molecule has 0 bridgehead atoms. The zero-order valence-electron chi connectivity index (χ0n) is 20.1. The van der Waals surface area contributed by atoms with Crippen molar-refractivity contribution in [3.05, 3.63) is 36.0 Å². The Bertz CT molecular complexity index is 1130. The Labute approximate surface area is 211 Å². The second kappa shape index (κ2) is 13.3. The number of aromatic nitrogens is 1. The van der Waals surface area contributed by atoms with Crippen LogP contribution in [-0.2, 0) is 30.4 Å². The van der Waals surface area contributed by atoms with Crippen molar-refractivity contribution in [3.8, 4) is 0 Å². The van der Waals surface area contributed by atoms with Gasteiger partial charge in [-0.3, -0.25) is 19.2 Å². The first kappa shape index (κ1) is 29.2. The van der Waals surface area contributed by atoms with Crippen LogP contribution in [0.25, 0.3) is 10.9 Å². The summed E-state index contributed by atoms with van der Waals surface area (Å²) < 4.78 is 0. The predicted molar refractivity (Wildman–Crippen MR) is 131 cm³/mol. The highest BCUT2D eigenvalue weighted by atomic mass is 16.4. The maximum Gasteiger partial charge on any atom is 0.328 e. The van der Waals surface area contributed by atoms with Gasteiger partial charge in [0, 0.05) is 23.5 Å². The number of carboxylic acids is 1. The van der Waals surface area contributed by atoms with Crippen molar-refractivity contribution in [3.63, 3.8) is 0 Å². The molecule has 0 radical (unpaired) electrons. The number of fused-ring (bicyclic) bond motifs is 1. The molecule has 2 aromatic rings. The lowest BCUT2D eigenvalue weighted by Crippen LogP contribution is -2.59. The lowest BCUT2D eigenvalue weighted by molar-refractivity contribution is -0.145. The Balaban J connectivity index is 2.06. The number of hydrogen-bond acceptors (Lipinski definition) is 8. The highest BCUT2D eigenvalue weighted by molar-refractivity contribution is 5.94. The number of aliphatic carboxylic acids is 1. The zero-order chi connectivity index (χ0) is 27.7. The third-order valence-corrected chi connectivity index (χ3v) is 5.63. The van der Waals surface area contributed by atoms with Crippen molar-refractivity contribution < 1.29 is 39.3 Å². The van der Waals surface area contributed by atoms with Crippen LogP contribution in [0.3, 0.4) is 0 Å². The minimum atomic E-state index is -1.68. The van der Waals surface area contributed by atoms with Gasteiger partial charge in [0.1, 0.15) is 12.1 Å². The molecule has 2 rings (SSSR count). The van der Waals surface area contributed by atoms with Gasteiger partial charge in [0.25, 0.3) is 0 Å². The minimum absolute atomic E-state index is 0.134. The van der Waals surface area contributed by atoms with Crippen LogP contribution < -0.4 is 27.4 Å². The molecule has 5 unspecified atom stereocenters. The molecule has 11 N–H and O–H groups in total. The van der Waals surface area contributed by atoms with Crippen LogP contribution >= 0.6 is 0 Å². The number of rotatable bonds is 14. The van der Waals surface area contributed by atoms with Gasteiger partial charge in [-0.25, -0.2) is 4.79 Å². The van der Waals surface area contributed by atoms with Gasteiger partial charge >= 0.3 is 5.97 Å². The fraction of sp³-hybridized carbons (Fsp3) is 0.435. The maximum atomic E-state index is 12.7. The topological polar surface area (TPSA) is 250 Å². The first-order valence-corrected chi connectivity index (χ1v) is 11.5. The number of hydrogen-bond donors (Lipinski definition) is 9. The number of H-pyrrole nitrogens is 1. The maximum absolute atomic E-state index is 12.7. The summed E-state index contributed by atoms with van der Waals surface area (Å²) in [4.78, 5) is 63.5. The van der Waals surface area contributed by atoms with E-state index in [1.807, 2.05) is 24.3 Å². The van der Waals surface area contributed by atoms with Crippen molar-refractivity contribution in [1.29, 1.82) is 0 Å². The molecule has 1 heterocycles. The minimum Gasteiger partial charge on any atom is -0.480 e. The Morgan fingerprint density at radius 3 is 2.22 bits per heavy atom. The van der Waals surface area contributed by atoms with E-state index >= 15 is 0 Å². The second-order valence-electron chi connectivity index (χ2n) is 8.55. The molecule has 5 atom stereocenters. The molecule has 0 spiro atoms. The number of carbonyl (C=O) groups is 5. The summed E-state index contributed by atoms with van der Waals surface area (Å²) in [5, 5.41) is 36.0. The van der Waals surface area contributed by atoms with E-state index in [2.05, 4.69) is 20.9 Å². The van der Waals surface area contributed by atoms with Crippen molar-refractivity contribution in [2.45, 2.75) is 56.5 Å². The number of primary amides is 1. The highest BCUT2D eigenvalue weighted by Gasteiger charge is 2.32. The summed E-state index contributed by atoms with van der Waals surface area (Å²) in [6.45, 7) is 0.305. The summed E-state index contributed by atoms with van der Waals surface area (Å²) in [7, 11) is 0. The molecule has 14 heteroatoms. The van der Waals surface area contributed by atoms with Crippen molar-refractivity contribution in [2.75, 3.05) is 6.61 Å². The normalized spacial score (nSPS) is 15.1. The largest absolute Gasteiger partial charge is 0.480 e. The number of nitrogens with two attached hydrogens (primary N) is 2. The van der Waals surface area contributed by atoms with Crippen LogP contribution in [-0.4, -0.2) is 86.8 Å². The van der Waals surface area contributed by atoms with Gasteiger partial charge < -0.3 is 47.7 Å². The van der Waals surface area contributed by atoms with Crippen LogP contribution in [0.1, 0.15) is 25.3 Å². The van der Waals surface area contributed by atoms with Crippen LogP contribution in [0, 0.1) is 0 Å². The molecular formula is C23H32N6O8. The first-order valence-electron chi connectivity index (χ1n) is 11.5. The molecular weight excluding hydrogens is 488 g/mol. The molecule has 14 nitrogen and oxygen atoms in total. The quantitative estimate of drug-likeness (QED) is 0.125. The zero-order valence-corrected chi connectivity index (χ0v) is 20.1. The molecule has 0 saturated heterocycles. The number of carboxylic acid groups (broad SMARTS) is 1. The van der Waals surface area contributed by atoms with Gasteiger partial charge in [-0.1, -0.05) is 18.2 Å². The van der Waals surface area contributed by atoms with Crippen LogP contribution in [0.2, 0.25) is 0 Å². The number of aliphatic hydroxyl groups excluding tert-OH is 2. The first-order chi connectivity index (χ1) is 17.4. The third-order valence-electron chi connectivity index (χ3n) is 5.63. The van der Waals surface area contributed by atoms with Crippen LogP contribution in [0.4, 0.5) is 0 Å². The standard InChI is InChI=1S/C23H32N6O8/c1-11(31)19(23(36)37)29-21(34)16(6-7-18(25)32)27-22(35)17(10-30)28-20(33)14(24)8-12-9-26-15-5-3-2-4-13(12)15/h2-5,9,11,14,16-17,19,26,30-31H,6-8,10,24H2,1H3,(H2,25,32)(H,27,35)(H,28,33)(H,29,34)(H,36,37). The SMILES string of the molecule is CC(O)C(NC(=O)C(CCC(N)=O)NC(=O)C(CO)NC(=O)C(N)Cc1c[nH]c2ccccc12)C(=O)O. The molecule has 4 amide bonds. The van der Waals surface area contributed by atoms with Gasteiger partial charge in [-0.05, 0) is 31.4 Å². The highest BCUT2D eigenvalue weighted by Crippen LogP contribution is 2.18. The number of para-hydroxylation sites is 1. The van der Waals surface area contributed by atoms with Gasteiger partial charge in [-0.15, -0.1) is 0 Å². The summed E-state index contributed by atoms with van der Waals surface area (Å²) >= 11 is 0. The summed E-state index contributed by atoms with van der Waals surface area (Å²) in [5.74, 6) is -5.04. The fourth-order valence-electron chi connectivity index (χ4n) is 3.57. The predicted octanol–water partition coefficient (Wildman–Crippen LogP) is -2.78. The molecule has 0 aliphatic rings. The van der Waals surface area contributed by atoms with E-state index in [9.17, 15) is 39.3 Å². The Kier molecular flexibility index (Phi) is 10.5. The monoisotopic (exact) mass is 520 g/mol. The van der Waals surface area contributed by atoms with E-state index < -0.39 is 66.5 Å². The number of carbonyl (C=O) groups excluding carboxylic acids is 4. The number of aliphatic hydroxyl groups is 2. The molecule has 37 heavy (non-hydrogen) atoms. The summed E-state index contributed by atoms with van der Waals surface area (Å²) in [6.07, 6.45) is -0.248. The fourth-order valence-corrected chi connectivity index (χ4v) is 3.57. The average Bonchev–Trinajstić information content (AvgIpc) is 3.25. The summed E-state index contributed by atoms with van der Waals surface area (Å²) in [6, 6.07) is 1.70. The number of amides is 4. The van der Waals surface area contributed by atoms with Crippen molar-refractivity contribution >= 4 is 40.5 Å². The van der Waals surface area contributed by atoms with Gasteiger partial charge in [-0.2, -0.15) is 0 Å². The molecule has 0 saturated carbocycles. The summed E-state index contributed by atoms with van der Waals surface area (Å²) in [5.41, 5.74) is 12.8. The molecule has 0 fully saturated rings. The van der Waals surface area contributed by atoms with Crippen molar-refractivity contribution in [2.24, 2.45) is 11.5 Å². The molecule has 1 aromatic heterocycles. The van der Waals surface area contributed by atoms with Crippen LogP contribution in [0.5, 0.6) is 0 Å². The molecule has 0 aliphatic carbocycles. The Morgan fingerprint density at radius 2 is 1.62 bits per heavy atom. The number of aromatic amines is 1. The molecule has 1 aromatic carbocycles. The Morgan fingerprint density at radius 1 is 1.00 bits per heavy atom. The van der Waals surface area contributed by atoms with Crippen molar-refractivity contribution in [1.82, 2.24) is 20.9 Å². The van der Waals surface area contributed by atoms with Gasteiger partial charge in [0.15, 0.2) is 6.04 Å². The van der Waals surface area contributed by atoms with Crippen LogP contribution in [0.15, 0.2) is 30.5 Å². The van der Waals surface area contributed by atoms with E-state index in [4.69, 9.17) is 11.5 Å². The smallest absolute Gasteiger partial charge is 0.328 e. The Hall–Kier alpha value is -4.01. The lowest BCUT2D eigenvalue weighted by Gasteiger charge is -2.25. The number of benzene rings is 1. The lowest BCUT2D eigenvalue weighted by atomic mass is 10.0. The third kappa shape index (κ3) is 8.27. The van der Waals surface area contributed by atoms with E-state index in [0.29, 0.717) is 0 Å². The average molecular weight is 521 g/mol. The van der Waals surface area contributed by atoms with E-state index in [0.717, 1.165) is 23.4 Å².